The quantitative estimate of drug-likeness (QED) is 0.624. The molecular weight excluding hydrogens is 298 g/mol. The van der Waals surface area contributed by atoms with Gasteiger partial charge in [0.1, 0.15) is 4.90 Å². The summed E-state index contributed by atoms with van der Waals surface area (Å²) in [5.74, 6) is 0.408. The minimum Gasteiger partial charge on any atom is -0.351 e. The fourth-order valence-electron chi connectivity index (χ4n) is 2.58. The number of carbonyl (C=O) groups is 1. The summed E-state index contributed by atoms with van der Waals surface area (Å²) >= 11 is 0. The van der Waals surface area contributed by atoms with Gasteiger partial charge in [-0.3, -0.25) is 4.79 Å². The SMILES string of the molecule is C=CC(CCC(C)C)S(=O)(=O)c1c(C=O)[nH]c2ccccc12. The van der Waals surface area contributed by atoms with Crippen LogP contribution in [-0.4, -0.2) is 24.9 Å². The highest BCUT2D eigenvalue weighted by molar-refractivity contribution is 7.92. The second-order valence-electron chi connectivity index (χ2n) is 5.82. The lowest BCUT2D eigenvalue weighted by Crippen LogP contribution is -2.20. The van der Waals surface area contributed by atoms with E-state index in [0.717, 1.165) is 6.42 Å². The molecule has 0 saturated carbocycles. The maximum Gasteiger partial charge on any atom is 0.187 e. The maximum atomic E-state index is 13.0. The molecule has 5 heteroatoms. The Bertz CT molecular complexity index is 787. The Morgan fingerprint density at radius 2 is 1.91 bits per heavy atom. The molecule has 1 N–H and O–H groups in total. The van der Waals surface area contributed by atoms with Gasteiger partial charge in [0.15, 0.2) is 16.1 Å². The van der Waals surface area contributed by atoms with E-state index in [1.807, 2.05) is 0 Å². The first kappa shape index (κ1) is 16.5. The number of sulfone groups is 1. The number of H-pyrrole nitrogens is 1. The lowest BCUT2D eigenvalue weighted by Gasteiger charge is -2.15. The lowest BCUT2D eigenvalue weighted by molar-refractivity contribution is 0.111. The van der Waals surface area contributed by atoms with Crippen LogP contribution in [0.3, 0.4) is 0 Å². The highest BCUT2D eigenvalue weighted by Crippen LogP contribution is 2.31. The van der Waals surface area contributed by atoms with Gasteiger partial charge in [-0.25, -0.2) is 8.42 Å². The van der Waals surface area contributed by atoms with Gasteiger partial charge in [0, 0.05) is 10.9 Å². The molecule has 0 aliphatic rings. The molecule has 0 fully saturated rings. The van der Waals surface area contributed by atoms with Crippen LogP contribution < -0.4 is 0 Å². The molecule has 2 rings (SSSR count). The molecule has 118 valence electrons. The van der Waals surface area contributed by atoms with Gasteiger partial charge in [-0.05, 0) is 24.8 Å². The summed E-state index contributed by atoms with van der Waals surface area (Å²) in [7, 11) is -3.65. The molecule has 0 aliphatic carbocycles. The van der Waals surface area contributed by atoms with Crippen molar-refractivity contribution in [3.8, 4) is 0 Å². The number of carbonyl (C=O) groups excluding carboxylic acids is 1. The summed E-state index contributed by atoms with van der Waals surface area (Å²) < 4.78 is 26.0. The zero-order chi connectivity index (χ0) is 16.3. The molecule has 0 spiro atoms. The highest BCUT2D eigenvalue weighted by atomic mass is 32.2. The van der Waals surface area contributed by atoms with Crippen molar-refractivity contribution in [1.29, 1.82) is 0 Å². The fourth-order valence-corrected chi connectivity index (χ4v) is 4.47. The minimum absolute atomic E-state index is 0.0896. The van der Waals surface area contributed by atoms with Crippen LogP contribution in [0.15, 0.2) is 41.8 Å². The number of aromatic nitrogens is 1. The largest absolute Gasteiger partial charge is 0.351 e. The zero-order valence-corrected chi connectivity index (χ0v) is 13.7. The summed E-state index contributed by atoms with van der Waals surface area (Å²) in [6.07, 6.45) is 3.32. The Balaban J connectivity index is 2.57. The summed E-state index contributed by atoms with van der Waals surface area (Å²) in [5, 5.41) is -0.131. The van der Waals surface area contributed by atoms with Crippen molar-refractivity contribution in [3.63, 3.8) is 0 Å². The van der Waals surface area contributed by atoms with Gasteiger partial charge in [0.05, 0.1) is 10.9 Å². The third-order valence-electron chi connectivity index (χ3n) is 3.78. The van der Waals surface area contributed by atoms with Crippen LogP contribution in [0.1, 0.15) is 37.2 Å². The highest BCUT2D eigenvalue weighted by Gasteiger charge is 2.30. The number of fused-ring (bicyclic) bond motifs is 1. The Kier molecular flexibility index (Phi) is 4.86. The topological polar surface area (TPSA) is 67.0 Å². The normalized spacial score (nSPS) is 13.4. The van der Waals surface area contributed by atoms with Gasteiger partial charge in [0.25, 0.3) is 0 Å². The van der Waals surface area contributed by atoms with E-state index < -0.39 is 15.1 Å². The van der Waals surface area contributed by atoms with E-state index in [2.05, 4.69) is 25.4 Å². The molecule has 0 saturated heterocycles. The van der Waals surface area contributed by atoms with E-state index in [-0.39, 0.29) is 10.6 Å². The first-order valence-electron chi connectivity index (χ1n) is 7.34. The number of hydrogen-bond donors (Lipinski definition) is 1. The molecule has 0 aliphatic heterocycles. The molecule has 1 aromatic carbocycles. The van der Waals surface area contributed by atoms with Crippen molar-refractivity contribution in [2.75, 3.05) is 0 Å². The molecule has 1 aromatic heterocycles. The number of hydrogen-bond acceptors (Lipinski definition) is 3. The summed E-state index contributed by atoms with van der Waals surface area (Å²) in [6, 6.07) is 7.04. The molecule has 4 nitrogen and oxygen atoms in total. The van der Waals surface area contributed by atoms with Crippen LogP contribution in [0.25, 0.3) is 10.9 Å². The van der Waals surface area contributed by atoms with Crippen molar-refractivity contribution >= 4 is 27.0 Å². The molecule has 2 aromatic rings. The molecule has 1 atom stereocenters. The van der Waals surface area contributed by atoms with Gasteiger partial charge < -0.3 is 4.98 Å². The Morgan fingerprint density at radius 1 is 1.23 bits per heavy atom. The molecular formula is C17H21NO3S. The molecule has 0 bridgehead atoms. The van der Waals surface area contributed by atoms with Gasteiger partial charge in [-0.2, -0.15) is 0 Å². The summed E-state index contributed by atoms with van der Waals surface area (Å²) in [6.45, 7) is 7.77. The van der Waals surface area contributed by atoms with Gasteiger partial charge >= 0.3 is 0 Å². The van der Waals surface area contributed by atoms with E-state index in [1.165, 1.54) is 6.08 Å². The fraction of sp³-hybridized carbons (Fsp3) is 0.353. The van der Waals surface area contributed by atoms with Gasteiger partial charge in [0.2, 0.25) is 0 Å². The summed E-state index contributed by atoms with van der Waals surface area (Å²) in [5.41, 5.74) is 0.757. The molecule has 1 unspecified atom stereocenters. The number of benzene rings is 1. The standard InChI is InChI=1S/C17H21NO3S/c1-4-13(10-9-12(2)3)22(20,21)17-14-7-5-6-8-15(14)18-16(17)11-19/h4-8,11-13,18H,1,9-10H2,2-3H3. The molecule has 22 heavy (non-hydrogen) atoms. The van der Waals surface area contributed by atoms with E-state index in [0.29, 0.717) is 29.5 Å². The number of aldehydes is 1. The van der Waals surface area contributed by atoms with Crippen molar-refractivity contribution in [3.05, 3.63) is 42.6 Å². The van der Waals surface area contributed by atoms with E-state index in [9.17, 15) is 13.2 Å². The molecule has 0 amide bonds. The smallest absolute Gasteiger partial charge is 0.187 e. The van der Waals surface area contributed by atoms with Crippen LogP contribution in [0.4, 0.5) is 0 Å². The van der Waals surface area contributed by atoms with Crippen LogP contribution in [0, 0.1) is 5.92 Å². The second kappa shape index (κ2) is 6.48. The molecule has 1 heterocycles. The Morgan fingerprint density at radius 3 is 2.50 bits per heavy atom. The average Bonchev–Trinajstić information content (AvgIpc) is 2.86. The van der Waals surface area contributed by atoms with E-state index in [1.54, 1.807) is 24.3 Å². The van der Waals surface area contributed by atoms with Gasteiger partial charge in [-0.15, -0.1) is 6.58 Å². The lowest BCUT2D eigenvalue weighted by atomic mass is 10.1. The molecule has 0 radical (unpaired) electrons. The van der Waals surface area contributed by atoms with Crippen molar-refractivity contribution in [2.45, 2.75) is 36.8 Å². The van der Waals surface area contributed by atoms with Crippen LogP contribution in [0.5, 0.6) is 0 Å². The zero-order valence-electron chi connectivity index (χ0n) is 12.9. The van der Waals surface area contributed by atoms with Crippen LogP contribution >= 0.6 is 0 Å². The number of aromatic amines is 1. The van der Waals surface area contributed by atoms with Crippen molar-refractivity contribution in [1.82, 2.24) is 4.98 Å². The Hall–Kier alpha value is -1.88. The first-order chi connectivity index (χ1) is 10.4. The number of nitrogens with one attached hydrogen (secondary N) is 1. The third-order valence-corrected chi connectivity index (χ3v) is 6.01. The number of rotatable bonds is 7. The van der Waals surface area contributed by atoms with E-state index in [4.69, 9.17) is 0 Å². The monoisotopic (exact) mass is 319 g/mol. The predicted molar refractivity (Wildman–Crippen MR) is 88.9 cm³/mol. The van der Waals surface area contributed by atoms with Crippen molar-refractivity contribution in [2.24, 2.45) is 5.92 Å². The Labute approximate surface area is 131 Å². The van der Waals surface area contributed by atoms with Crippen LogP contribution in [-0.2, 0) is 9.84 Å². The predicted octanol–water partition coefficient (Wildman–Crippen LogP) is 3.74. The first-order valence-corrected chi connectivity index (χ1v) is 8.88. The average molecular weight is 319 g/mol. The van der Waals surface area contributed by atoms with E-state index >= 15 is 0 Å². The third kappa shape index (κ3) is 2.99. The summed E-state index contributed by atoms with van der Waals surface area (Å²) in [4.78, 5) is 14.3. The van der Waals surface area contributed by atoms with Crippen molar-refractivity contribution < 1.29 is 13.2 Å². The van der Waals surface area contributed by atoms with Crippen LogP contribution in [0.2, 0.25) is 0 Å². The van der Waals surface area contributed by atoms with Gasteiger partial charge in [-0.1, -0.05) is 38.1 Å². The maximum absolute atomic E-state index is 13.0. The second-order valence-corrected chi connectivity index (χ2v) is 7.93. The number of para-hydroxylation sites is 1. The minimum atomic E-state index is -3.65.